The quantitative estimate of drug-likeness (QED) is 0.695. The molecule has 0 saturated carbocycles. The van der Waals surface area contributed by atoms with Crippen LogP contribution in [0.1, 0.15) is 25.8 Å². The van der Waals surface area contributed by atoms with Crippen molar-refractivity contribution in [3.8, 4) is 11.4 Å². The van der Waals surface area contributed by atoms with Crippen molar-refractivity contribution >= 4 is 17.7 Å². The molecule has 0 aliphatic rings. The first kappa shape index (κ1) is 19.5. The summed E-state index contributed by atoms with van der Waals surface area (Å²) in [5.74, 6) is 1.16. The summed E-state index contributed by atoms with van der Waals surface area (Å²) >= 11 is 1.41. The summed E-state index contributed by atoms with van der Waals surface area (Å²) in [7, 11) is 1.66. The lowest BCUT2D eigenvalue weighted by Gasteiger charge is -2.13. The molecule has 0 aliphatic heterocycles. The molecule has 2 aromatic rings. The number of hydrogen-bond acceptors (Lipinski definition) is 5. The molecule has 0 fully saturated rings. The zero-order valence-corrected chi connectivity index (χ0v) is 16.1. The van der Waals surface area contributed by atoms with Crippen molar-refractivity contribution in [1.82, 2.24) is 20.1 Å². The first-order chi connectivity index (χ1) is 12.0. The van der Waals surface area contributed by atoms with Gasteiger partial charge in [-0.3, -0.25) is 4.79 Å². The maximum Gasteiger partial charge on any atom is 0.230 e. The minimum atomic E-state index is -0.00337. The number of amides is 1. The van der Waals surface area contributed by atoms with Gasteiger partial charge in [-0.05, 0) is 33.3 Å². The Kier molecular flexibility index (Phi) is 7.46. The van der Waals surface area contributed by atoms with Gasteiger partial charge < -0.3 is 14.6 Å². The summed E-state index contributed by atoms with van der Waals surface area (Å²) in [6.45, 7) is 7.48. The molecule has 6 nitrogen and oxygen atoms in total. The Morgan fingerprint density at radius 3 is 2.88 bits per heavy atom. The minimum Gasteiger partial charge on any atom is -0.385 e. The van der Waals surface area contributed by atoms with Crippen LogP contribution < -0.4 is 5.32 Å². The van der Waals surface area contributed by atoms with E-state index in [4.69, 9.17) is 4.74 Å². The van der Waals surface area contributed by atoms with Gasteiger partial charge in [0.15, 0.2) is 11.0 Å². The van der Waals surface area contributed by atoms with Gasteiger partial charge in [0.05, 0.1) is 5.75 Å². The van der Waals surface area contributed by atoms with E-state index in [9.17, 15) is 4.79 Å². The molecular formula is C18H26N4O2S. The molecule has 7 heteroatoms. The number of aromatic nitrogens is 3. The van der Waals surface area contributed by atoms with Crippen LogP contribution in [0.3, 0.4) is 0 Å². The van der Waals surface area contributed by atoms with E-state index in [2.05, 4.69) is 41.5 Å². The van der Waals surface area contributed by atoms with Gasteiger partial charge in [0, 0.05) is 31.9 Å². The Morgan fingerprint density at radius 2 is 2.20 bits per heavy atom. The number of methoxy groups -OCH3 is 1. The fourth-order valence-electron chi connectivity index (χ4n) is 2.49. The van der Waals surface area contributed by atoms with Gasteiger partial charge in [-0.1, -0.05) is 35.5 Å². The largest absolute Gasteiger partial charge is 0.385 e. The van der Waals surface area contributed by atoms with Crippen molar-refractivity contribution in [1.29, 1.82) is 0 Å². The smallest absolute Gasteiger partial charge is 0.230 e. The zero-order valence-electron chi connectivity index (χ0n) is 15.3. The van der Waals surface area contributed by atoms with Crippen molar-refractivity contribution in [2.45, 2.75) is 44.9 Å². The second-order valence-corrected chi connectivity index (χ2v) is 6.90. The number of benzene rings is 1. The van der Waals surface area contributed by atoms with Gasteiger partial charge in [0.1, 0.15) is 0 Å². The molecule has 136 valence electrons. The third-order valence-electron chi connectivity index (χ3n) is 3.80. The summed E-state index contributed by atoms with van der Waals surface area (Å²) < 4.78 is 7.07. The molecule has 1 N–H and O–H groups in total. The number of nitrogens with one attached hydrogen (secondary N) is 1. The van der Waals surface area contributed by atoms with Crippen molar-refractivity contribution in [2.75, 3.05) is 19.5 Å². The summed E-state index contributed by atoms with van der Waals surface area (Å²) in [5.41, 5.74) is 2.22. The molecule has 1 unspecified atom stereocenters. The molecule has 0 spiro atoms. The molecule has 1 aromatic carbocycles. The minimum absolute atomic E-state index is 0.00337. The lowest BCUT2D eigenvalue weighted by Crippen LogP contribution is -2.34. The number of thioether (sulfide) groups is 1. The van der Waals surface area contributed by atoms with Crippen LogP contribution in [0.15, 0.2) is 29.4 Å². The average Bonchev–Trinajstić information content (AvgIpc) is 3.01. The molecule has 2 rings (SSSR count). The Balaban J connectivity index is 2.00. The number of carbonyl (C=O) groups is 1. The Morgan fingerprint density at radius 1 is 1.40 bits per heavy atom. The molecular weight excluding hydrogens is 336 g/mol. The molecule has 1 amide bonds. The van der Waals surface area contributed by atoms with Crippen molar-refractivity contribution < 1.29 is 9.53 Å². The van der Waals surface area contributed by atoms with Crippen LogP contribution in [0, 0.1) is 6.92 Å². The van der Waals surface area contributed by atoms with Crippen LogP contribution in [-0.4, -0.2) is 46.2 Å². The molecule has 1 atom stereocenters. The summed E-state index contributed by atoms with van der Waals surface area (Å²) in [5, 5.41) is 12.3. The fourth-order valence-corrected chi connectivity index (χ4v) is 3.31. The van der Waals surface area contributed by atoms with E-state index in [-0.39, 0.29) is 11.9 Å². The molecule has 0 aliphatic carbocycles. The van der Waals surface area contributed by atoms with Crippen molar-refractivity contribution in [3.05, 3.63) is 29.8 Å². The highest BCUT2D eigenvalue weighted by Crippen LogP contribution is 2.24. The molecule has 1 heterocycles. The molecule has 0 saturated heterocycles. The number of nitrogens with zero attached hydrogens (tertiary/aromatic N) is 3. The Hall–Kier alpha value is -1.86. The molecule has 0 radical (unpaired) electrons. The monoisotopic (exact) mass is 362 g/mol. The summed E-state index contributed by atoms with van der Waals surface area (Å²) in [6, 6.07) is 8.29. The van der Waals surface area contributed by atoms with Crippen LogP contribution in [0.4, 0.5) is 0 Å². The third kappa shape index (κ3) is 5.57. The maximum atomic E-state index is 12.1. The second kappa shape index (κ2) is 9.58. The topological polar surface area (TPSA) is 69.0 Å². The van der Waals surface area contributed by atoms with Gasteiger partial charge in [-0.2, -0.15) is 0 Å². The predicted octanol–water partition coefficient (Wildman–Crippen LogP) is 2.91. The third-order valence-corrected chi connectivity index (χ3v) is 4.77. The van der Waals surface area contributed by atoms with E-state index in [1.165, 1.54) is 17.3 Å². The number of rotatable bonds is 9. The lowest BCUT2D eigenvalue weighted by atomic mass is 10.1. The standard InChI is InChI=1S/C18H26N4O2S/c1-5-22-17(15-8-6-7-13(2)11-15)20-21-18(22)25-12-16(23)19-14(3)9-10-24-4/h6-8,11,14H,5,9-10,12H2,1-4H3,(H,19,23). The van der Waals surface area contributed by atoms with Gasteiger partial charge in [-0.15, -0.1) is 10.2 Å². The zero-order chi connectivity index (χ0) is 18.2. The summed E-state index contributed by atoms with van der Waals surface area (Å²) in [6.07, 6.45) is 0.801. The van der Waals surface area contributed by atoms with E-state index in [0.29, 0.717) is 12.4 Å². The van der Waals surface area contributed by atoms with Crippen molar-refractivity contribution in [2.24, 2.45) is 0 Å². The number of hydrogen-bond donors (Lipinski definition) is 1. The fraction of sp³-hybridized carbons (Fsp3) is 0.500. The highest BCUT2D eigenvalue weighted by Gasteiger charge is 2.15. The van der Waals surface area contributed by atoms with Crippen molar-refractivity contribution in [3.63, 3.8) is 0 Å². The van der Waals surface area contributed by atoms with Gasteiger partial charge in [0.2, 0.25) is 5.91 Å². The van der Waals surface area contributed by atoms with Crippen LogP contribution in [0.25, 0.3) is 11.4 Å². The van der Waals surface area contributed by atoms with Crippen LogP contribution in [-0.2, 0) is 16.1 Å². The molecule has 25 heavy (non-hydrogen) atoms. The van der Waals surface area contributed by atoms with Gasteiger partial charge in [0.25, 0.3) is 0 Å². The van der Waals surface area contributed by atoms with E-state index < -0.39 is 0 Å². The lowest BCUT2D eigenvalue weighted by molar-refractivity contribution is -0.119. The van der Waals surface area contributed by atoms with Gasteiger partial charge in [-0.25, -0.2) is 0 Å². The average molecular weight is 362 g/mol. The van der Waals surface area contributed by atoms with Gasteiger partial charge >= 0.3 is 0 Å². The van der Waals surface area contributed by atoms with Crippen LogP contribution in [0.2, 0.25) is 0 Å². The first-order valence-corrected chi connectivity index (χ1v) is 9.45. The van der Waals surface area contributed by atoms with Crippen LogP contribution in [0.5, 0.6) is 0 Å². The van der Waals surface area contributed by atoms with E-state index in [0.717, 1.165) is 29.5 Å². The Bertz CT molecular complexity index is 702. The molecule has 1 aromatic heterocycles. The summed E-state index contributed by atoms with van der Waals surface area (Å²) in [4.78, 5) is 12.1. The van der Waals surface area contributed by atoms with Crippen LogP contribution >= 0.6 is 11.8 Å². The van der Waals surface area contributed by atoms with E-state index in [1.807, 2.05) is 23.6 Å². The number of ether oxygens (including phenoxy) is 1. The van der Waals surface area contributed by atoms with E-state index in [1.54, 1.807) is 7.11 Å². The highest BCUT2D eigenvalue weighted by atomic mass is 32.2. The SMILES string of the molecule is CCn1c(SCC(=O)NC(C)CCOC)nnc1-c1cccc(C)c1. The first-order valence-electron chi connectivity index (χ1n) is 8.46. The predicted molar refractivity (Wildman–Crippen MR) is 101 cm³/mol. The second-order valence-electron chi connectivity index (χ2n) is 5.96. The molecule has 0 bridgehead atoms. The maximum absolute atomic E-state index is 12.1. The normalized spacial score (nSPS) is 12.2. The highest BCUT2D eigenvalue weighted by molar-refractivity contribution is 7.99. The number of aryl methyl sites for hydroxylation is 1. The van der Waals surface area contributed by atoms with E-state index >= 15 is 0 Å². The number of carbonyl (C=O) groups excluding carboxylic acids is 1. The Labute approximate surface area is 153 Å².